The minimum Gasteiger partial charge on any atom is -0.352 e. The molecule has 1 saturated heterocycles. The number of sulfonamides is 1. The van der Waals surface area contributed by atoms with E-state index in [0.717, 1.165) is 5.56 Å². The molecular formula is C19H23N3O4S2. The van der Waals surface area contributed by atoms with Crippen molar-refractivity contribution < 1.29 is 18.0 Å². The van der Waals surface area contributed by atoms with Gasteiger partial charge in [-0.2, -0.15) is 4.31 Å². The number of rotatable bonds is 6. The Kier molecular flexibility index (Phi) is 6.48. The van der Waals surface area contributed by atoms with Crippen molar-refractivity contribution in [3.05, 3.63) is 52.9 Å². The molecule has 0 atom stereocenters. The quantitative estimate of drug-likeness (QED) is 0.769. The third-order valence-corrected chi connectivity index (χ3v) is 7.86. The number of piperazine rings is 1. The second kappa shape index (κ2) is 8.85. The van der Waals surface area contributed by atoms with Crippen molar-refractivity contribution >= 4 is 33.2 Å². The van der Waals surface area contributed by atoms with Gasteiger partial charge in [-0.15, -0.1) is 11.3 Å². The summed E-state index contributed by atoms with van der Waals surface area (Å²) in [6.45, 7) is 3.44. The van der Waals surface area contributed by atoms with E-state index in [0.29, 0.717) is 22.9 Å². The van der Waals surface area contributed by atoms with Crippen LogP contribution in [0.5, 0.6) is 0 Å². The molecule has 0 bridgehead atoms. The maximum Gasteiger partial charge on any atom is 0.252 e. The predicted molar refractivity (Wildman–Crippen MR) is 108 cm³/mol. The normalized spacial score (nSPS) is 15.4. The number of benzene rings is 1. The van der Waals surface area contributed by atoms with E-state index in [9.17, 15) is 18.0 Å². The lowest BCUT2D eigenvalue weighted by atomic mass is 10.1. The van der Waals surface area contributed by atoms with Gasteiger partial charge in [0.05, 0.1) is 0 Å². The molecule has 150 valence electrons. The number of carbonyl (C=O) groups is 2. The largest absolute Gasteiger partial charge is 0.352 e. The van der Waals surface area contributed by atoms with Crippen molar-refractivity contribution in [1.82, 2.24) is 14.5 Å². The molecular weight excluding hydrogens is 398 g/mol. The SMILES string of the molecule is Cc1cccc(C(=O)NCCC(=O)N2CCN(S(=O)(=O)c3cccs3)CC2)c1. The Hall–Kier alpha value is -2.23. The Morgan fingerprint density at radius 2 is 1.86 bits per heavy atom. The smallest absolute Gasteiger partial charge is 0.252 e. The second-order valence-corrected chi connectivity index (χ2v) is 9.70. The van der Waals surface area contributed by atoms with Crippen LogP contribution in [0.4, 0.5) is 0 Å². The zero-order valence-electron chi connectivity index (χ0n) is 15.6. The molecule has 0 aliphatic carbocycles. The minimum absolute atomic E-state index is 0.0855. The summed E-state index contributed by atoms with van der Waals surface area (Å²) in [7, 11) is -3.47. The first-order chi connectivity index (χ1) is 13.4. The van der Waals surface area contributed by atoms with E-state index in [1.165, 1.54) is 15.6 Å². The van der Waals surface area contributed by atoms with Crippen LogP contribution in [-0.2, 0) is 14.8 Å². The first kappa shape index (κ1) is 20.5. The van der Waals surface area contributed by atoms with Crippen LogP contribution in [0.1, 0.15) is 22.3 Å². The van der Waals surface area contributed by atoms with Crippen molar-refractivity contribution in [3.8, 4) is 0 Å². The highest BCUT2D eigenvalue weighted by Crippen LogP contribution is 2.22. The van der Waals surface area contributed by atoms with Crippen LogP contribution in [0.25, 0.3) is 0 Å². The van der Waals surface area contributed by atoms with E-state index < -0.39 is 10.0 Å². The van der Waals surface area contributed by atoms with Gasteiger partial charge in [0.2, 0.25) is 5.91 Å². The zero-order valence-corrected chi connectivity index (χ0v) is 17.3. The van der Waals surface area contributed by atoms with Crippen LogP contribution in [-0.4, -0.2) is 62.2 Å². The molecule has 7 nitrogen and oxygen atoms in total. The van der Waals surface area contributed by atoms with Gasteiger partial charge >= 0.3 is 0 Å². The number of thiophene rings is 1. The average molecular weight is 422 g/mol. The maximum atomic E-state index is 12.5. The van der Waals surface area contributed by atoms with Gasteiger partial charge in [0.15, 0.2) is 0 Å². The summed E-state index contributed by atoms with van der Waals surface area (Å²) in [5, 5.41) is 4.49. The predicted octanol–water partition coefficient (Wildman–Crippen LogP) is 1.71. The van der Waals surface area contributed by atoms with E-state index in [1.54, 1.807) is 34.5 Å². The summed E-state index contributed by atoms with van der Waals surface area (Å²) in [6.07, 6.45) is 0.190. The molecule has 1 aliphatic rings. The van der Waals surface area contributed by atoms with Gasteiger partial charge in [-0.3, -0.25) is 9.59 Å². The fraction of sp³-hybridized carbons (Fsp3) is 0.368. The molecule has 2 amide bonds. The van der Waals surface area contributed by atoms with Crippen LogP contribution >= 0.6 is 11.3 Å². The average Bonchev–Trinajstić information content (AvgIpc) is 3.23. The highest BCUT2D eigenvalue weighted by Gasteiger charge is 2.30. The molecule has 3 rings (SSSR count). The molecule has 0 radical (unpaired) electrons. The fourth-order valence-corrected chi connectivity index (χ4v) is 5.61. The Labute approximate surface area is 169 Å². The molecule has 0 saturated carbocycles. The third kappa shape index (κ3) is 4.78. The summed E-state index contributed by atoms with van der Waals surface area (Å²) < 4.78 is 26.8. The Morgan fingerprint density at radius 3 is 2.50 bits per heavy atom. The van der Waals surface area contributed by atoms with Gasteiger partial charge in [-0.1, -0.05) is 23.8 Å². The van der Waals surface area contributed by atoms with Gasteiger partial charge < -0.3 is 10.2 Å². The molecule has 1 N–H and O–H groups in total. The van der Waals surface area contributed by atoms with E-state index in [4.69, 9.17) is 0 Å². The molecule has 2 heterocycles. The molecule has 28 heavy (non-hydrogen) atoms. The lowest BCUT2D eigenvalue weighted by Gasteiger charge is -2.33. The molecule has 0 unspecified atom stereocenters. The standard InChI is InChI=1S/C19H23N3O4S2/c1-15-4-2-5-16(14-15)19(24)20-8-7-17(23)21-9-11-22(12-10-21)28(25,26)18-6-3-13-27-18/h2-6,13-14H,7-12H2,1H3,(H,20,24). The minimum atomic E-state index is -3.47. The van der Waals surface area contributed by atoms with Crippen molar-refractivity contribution in [2.75, 3.05) is 32.7 Å². The van der Waals surface area contributed by atoms with E-state index in [2.05, 4.69) is 5.32 Å². The van der Waals surface area contributed by atoms with Crippen molar-refractivity contribution in [3.63, 3.8) is 0 Å². The van der Waals surface area contributed by atoms with Gasteiger partial charge in [-0.05, 0) is 30.5 Å². The summed E-state index contributed by atoms with van der Waals surface area (Å²) in [4.78, 5) is 26.1. The monoisotopic (exact) mass is 421 g/mol. The highest BCUT2D eigenvalue weighted by atomic mass is 32.2. The lowest BCUT2D eigenvalue weighted by Crippen LogP contribution is -2.50. The summed E-state index contributed by atoms with van der Waals surface area (Å²) >= 11 is 1.19. The zero-order chi connectivity index (χ0) is 20.1. The number of hydrogen-bond donors (Lipinski definition) is 1. The maximum absolute atomic E-state index is 12.5. The van der Waals surface area contributed by atoms with Crippen LogP contribution in [0.2, 0.25) is 0 Å². The van der Waals surface area contributed by atoms with Crippen molar-refractivity contribution in [1.29, 1.82) is 0 Å². The summed E-state index contributed by atoms with van der Waals surface area (Å²) in [5.41, 5.74) is 1.57. The van der Waals surface area contributed by atoms with E-state index in [-0.39, 0.29) is 37.9 Å². The number of amides is 2. The number of nitrogens with one attached hydrogen (secondary N) is 1. The van der Waals surface area contributed by atoms with Crippen LogP contribution in [0, 0.1) is 6.92 Å². The molecule has 1 aromatic carbocycles. The van der Waals surface area contributed by atoms with Gasteiger partial charge in [-0.25, -0.2) is 8.42 Å². The third-order valence-electron chi connectivity index (χ3n) is 4.59. The summed E-state index contributed by atoms with van der Waals surface area (Å²) in [6, 6.07) is 10.6. The number of carbonyl (C=O) groups excluding carboxylic acids is 2. The van der Waals surface area contributed by atoms with Gasteiger partial charge in [0.25, 0.3) is 15.9 Å². The second-order valence-electron chi connectivity index (χ2n) is 6.59. The molecule has 1 fully saturated rings. The number of aryl methyl sites for hydroxylation is 1. The highest BCUT2D eigenvalue weighted by molar-refractivity contribution is 7.91. The van der Waals surface area contributed by atoms with Crippen LogP contribution in [0.3, 0.4) is 0 Å². The van der Waals surface area contributed by atoms with Gasteiger partial charge in [0, 0.05) is 44.7 Å². The Bertz CT molecular complexity index is 934. The van der Waals surface area contributed by atoms with Crippen LogP contribution < -0.4 is 5.32 Å². The Morgan fingerprint density at radius 1 is 1.11 bits per heavy atom. The molecule has 9 heteroatoms. The molecule has 1 aliphatic heterocycles. The van der Waals surface area contributed by atoms with E-state index in [1.807, 2.05) is 19.1 Å². The lowest BCUT2D eigenvalue weighted by molar-refractivity contribution is -0.132. The number of nitrogens with zero attached hydrogens (tertiary/aromatic N) is 2. The molecule has 0 spiro atoms. The van der Waals surface area contributed by atoms with Gasteiger partial charge in [0.1, 0.15) is 4.21 Å². The van der Waals surface area contributed by atoms with Crippen molar-refractivity contribution in [2.24, 2.45) is 0 Å². The summed E-state index contributed by atoms with van der Waals surface area (Å²) in [5.74, 6) is -0.291. The topological polar surface area (TPSA) is 86.8 Å². The van der Waals surface area contributed by atoms with Crippen LogP contribution in [0.15, 0.2) is 46.0 Å². The van der Waals surface area contributed by atoms with Crippen molar-refractivity contribution in [2.45, 2.75) is 17.6 Å². The first-order valence-corrected chi connectivity index (χ1v) is 11.4. The fourth-order valence-electron chi connectivity index (χ4n) is 3.04. The van der Waals surface area contributed by atoms with E-state index >= 15 is 0 Å². The first-order valence-electron chi connectivity index (χ1n) is 9.04. The molecule has 1 aromatic heterocycles. The number of hydrogen-bond acceptors (Lipinski definition) is 5. The Balaban J connectivity index is 1.45. The molecule has 2 aromatic rings.